The van der Waals surface area contributed by atoms with Gasteiger partial charge in [0.1, 0.15) is 6.54 Å². The van der Waals surface area contributed by atoms with Crippen molar-refractivity contribution in [1.82, 2.24) is 9.88 Å². The van der Waals surface area contributed by atoms with Gasteiger partial charge in [-0.3, -0.25) is 9.59 Å². The van der Waals surface area contributed by atoms with E-state index in [4.69, 9.17) is 5.11 Å². The minimum atomic E-state index is -1.01. The highest BCUT2D eigenvalue weighted by atomic mass is 32.1. The lowest BCUT2D eigenvalue weighted by atomic mass is 10.1. The number of rotatable bonds is 6. The zero-order valence-electron chi connectivity index (χ0n) is 13.4. The monoisotopic (exact) mass is 332 g/mol. The van der Waals surface area contributed by atoms with Crippen LogP contribution in [0, 0.1) is 6.92 Å². The molecule has 0 aliphatic heterocycles. The number of carbonyl (C=O) groups is 2. The summed E-state index contributed by atoms with van der Waals surface area (Å²) in [6.07, 6.45) is 0.698. The minimum absolute atomic E-state index is 0.135. The van der Waals surface area contributed by atoms with Gasteiger partial charge >= 0.3 is 5.97 Å². The molecule has 1 unspecified atom stereocenters. The summed E-state index contributed by atoms with van der Waals surface area (Å²) in [5, 5.41) is 12.0. The van der Waals surface area contributed by atoms with E-state index in [1.165, 1.54) is 4.90 Å². The number of carbonyl (C=O) groups excluding carboxylic acids is 1. The van der Waals surface area contributed by atoms with Crippen molar-refractivity contribution in [3.05, 3.63) is 40.2 Å². The Labute approximate surface area is 139 Å². The topological polar surface area (TPSA) is 70.5 Å². The van der Waals surface area contributed by atoms with Crippen molar-refractivity contribution >= 4 is 23.2 Å². The first-order valence-corrected chi connectivity index (χ1v) is 8.35. The molecule has 0 spiro atoms. The SMILES string of the molecule is CCC(C)N(CC(=O)O)C(=O)c1cccc(-c2csc(C)n2)c1. The third-order valence-corrected chi connectivity index (χ3v) is 4.49. The van der Waals surface area contributed by atoms with Crippen molar-refractivity contribution in [3.63, 3.8) is 0 Å². The van der Waals surface area contributed by atoms with Gasteiger partial charge in [-0.05, 0) is 32.4 Å². The van der Waals surface area contributed by atoms with Crippen molar-refractivity contribution in [2.24, 2.45) is 0 Å². The van der Waals surface area contributed by atoms with Gasteiger partial charge in [0.15, 0.2) is 0 Å². The number of thiazole rings is 1. The Morgan fingerprint density at radius 3 is 2.70 bits per heavy atom. The van der Waals surface area contributed by atoms with E-state index in [1.807, 2.05) is 32.2 Å². The molecule has 5 nitrogen and oxygen atoms in total. The molecule has 0 aliphatic carbocycles. The van der Waals surface area contributed by atoms with E-state index >= 15 is 0 Å². The molecule has 2 aromatic rings. The first-order chi connectivity index (χ1) is 10.9. The maximum Gasteiger partial charge on any atom is 0.323 e. The van der Waals surface area contributed by atoms with Crippen LogP contribution in [-0.2, 0) is 4.79 Å². The van der Waals surface area contributed by atoms with Gasteiger partial charge in [-0.15, -0.1) is 11.3 Å². The van der Waals surface area contributed by atoms with Crippen molar-refractivity contribution in [2.75, 3.05) is 6.54 Å². The first kappa shape index (κ1) is 17.1. The fraction of sp³-hybridized carbons (Fsp3) is 0.353. The van der Waals surface area contributed by atoms with E-state index in [2.05, 4.69) is 4.98 Å². The molecule has 0 fully saturated rings. The van der Waals surface area contributed by atoms with Crippen molar-refractivity contribution in [2.45, 2.75) is 33.2 Å². The summed E-state index contributed by atoms with van der Waals surface area (Å²) in [7, 11) is 0. The Bertz CT molecular complexity index is 711. The number of aromatic nitrogens is 1. The van der Waals surface area contributed by atoms with Gasteiger partial charge in [-0.1, -0.05) is 19.1 Å². The molecule has 0 bridgehead atoms. The number of amides is 1. The fourth-order valence-corrected chi connectivity index (χ4v) is 2.89. The molecular weight excluding hydrogens is 312 g/mol. The van der Waals surface area contributed by atoms with Crippen molar-refractivity contribution in [1.29, 1.82) is 0 Å². The normalized spacial score (nSPS) is 12.0. The average molecular weight is 332 g/mol. The molecule has 122 valence electrons. The van der Waals surface area contributed by atoms with Crippen LogP contribution in [-0.4, -0.2) is 39.5 Å². The molecule has 1 heterocycles. The summed E-state index contributed by atoms with van der Waals surface area (Å²) < 4.78 is 0. The largest absolute Gasteiger partial charge is 0.480 e. The second-order valence-corrected chi connectivity index (χ2v) is 6.48. The molecular formula is C17H20N2O3S. The van der Waals surface area contributed by atoms with Crippen LogP contribution >= 0.6 is 11.3 Å². The summed E-state index contributed by atoms with van der Waals surface area (Å²) in [5.74, 6) is -1.28. The van der Waals surface area contributed by atoms with Crippen LogP contribution in [0.25, 0.3) is 11.3 Å². The summed E-state index contributed by atoms with van der Waals surface area (Å²) >= 11 is 1.55. The molecule has 1 aromatic heterocycles. The molecule has 0 aliphatic rings. The number of benzene rings is 1. The van der Waals surface area contributed by atoms with Gasteiger partial charge in [0.05, 0.1) is 10.7 Å². The van der Waals surface area contributed by atoms with Gasteiger partial charge in [0.25, 0.3) is 5.91 Å². The van der Waals surface area contributed by atoms with E-state index in [-0.39, 0.29) is 18.5 Å². The number of hydrogen-bond donors (Lipinski definition) is 1. The van der Waals surface area contributed by atoms with Crippen LogP contribution < -0.4 is 0 Å². The van der Waals surface area contributed by atoms with E-state index in [1.54, 1.807) is 29.5 Å². The smallest absolute Gasteiger partial charge is 0.323 e. The van der Waals surface area contributed by atoms with Gasteiger partial charge in [0, 0.05) is 22.5 Å². The maximum atomic E-state index is 12.7. The molecule has 1 aromatic carbocycles. The Morgan fingerprint density at radius 2 is 2.13 bits per heavy atom. The maximum absolute atomic E-state index is 12.7. The van der Waals surface area contributed by atoms with Gasteiger partial charge in [-0.25, -0.2) is 4.98 Å². The number of nitrogens with zero attached hydrogens (tertiary/aromatic N) is 2. The first-order valence-electron chi connectivity index (χ1n) is 7.47. The second kappa shape index (κ2) is 7.37. The predicted molar refractivity (Wildman–Crippen MR) is 90.7 cm³/mol. The standard InChI is InChI=1S/C17H20N2O3S/c1-4-11(2)19(9-16(20)21)17(22)14-7-5-6-13(8-14)15-10-23-12(3)18-15/h5-8,10-11H,4,9H2,1-3H3,(H,20,21). The van der Waals surface area contributed by atoms with E-state index < -0.39 is 5.97 Å². The quantitative estimate of drug-likeness (QED) is 0.879. The Hall–Kier alpha value is -2.21. The number of hydrogen-bond acceptors (Lipinski definition) is 4. The molecule has 1 amide bonds. The van der Waals surface area contributed by atoms with Crippen LogP contribution in [0.2, 0.25) is 0 Å². The van der Waals surface area contributed by atoms with Crippen LogP contribution in [0.5, 0.6) is 0 Å². The Kier molecular flexibility index (Phi) is 5.50. The number of aliphatic carboxylic acids is 1. The fourth-order valence-electron chi connectivity index (χ4n) is 2.27. The zero-order chi connectivity index (χ0) is 17.0. The molecule has 0 saturated carbocycles. The summed E-state index contributed by atoms with van der Waals surface area (Å²) in [6.45, 7) is 5.42. The van der Waals surface area contributed by atoms with Crippen LogP contribution in [0.15, 0.2) is 29.6 Å². The molecule has 23 heavy (non-hydrogen) atoms. The highest BCUT2D eigenvalue weighted by Crippen LogP contribution is 2.23. The third kappa shape index (κ3) is 4.16. The lowest BCUT2D eigenvalue weighted by Gasteiger charge is -2.27. The predicted octanol–water partition coefficient (Wildman–Crippen LogP) is 3.44. The number of aryl methyl sites for hydroxylation is 1. The molecule has 1 atom stereocenters. The van der Waals surface area contributed by atoms with Gasteiger partial charge in [-0.2, -0.15) is 0 Å². The van der Waals surface area contributed by atoms with Gasteiger partial charge < -0.3 is 10.0 Å². The van der Waals surface area contributed by atoms with Crippen molar-refractivity contribution in [3.8, 4) is 11.3 Å². The lowest BCUT2D eigenvalue weighted by molar-refractivity contribution is -0.138. The third-order valence-electron chi connectivity index (χ3n) is 3.71. The Balaban J connectivity index is 2.32. The van der Waals surface area contributed by atoms with E-state index in [0.717, 1.165) is 16.3 Å². The summed E-state index contributed by atoms with van der Waals surface area (Å²) in [6, 6.07) is 7.04. The van der Waals surface area contributed by atoms with Crippen LogP contribution in [0.1, 0.15) is 35.6 Å². The van der Waals surface area contributed by atoms with Crippen LogP contribution in [0.4, 0.5) is 0 Å². The highest BCUT2D eigenvalue weighted by molar-refractivity contribution is 7.09. The van der Waals surface area contributed by atoms with Crippen LogP contribution in [0.3, 0.4) is 0 Å². The second-order valence-electron chi connectivity index (χ2n) is 5.42. The molecule has 1 N–H and O–H groups in total. The van der Waals surface area contributed by atoms with Gasteiger partial charge in [0.2, 0.25) is 0 Å². The summed E-state index contributed by atoms with van der Waals surface area (Å²) in [5.41, 5.74) is 2.17. The zero-order valence-corrected chi connectivity index (χ0v) is 14.3. The highest BCUT2D eigenvalue weighted by Gasteiger charge is 2.23. The minimum Gasteiger partial charge on any atom is -0.480 e. The lowest BCUT2D eigenvalue weighted by Crippen LogP contribution is -2.41. The van der Waals surface area contributed by atoms with E-state index in [9.17, 15) is 9.59 Å². The number of carboxylic acids is 1. The summed E-state index contributed by atoms with van der Waals surface area (Å²) in [4.78, 5) is 29.6. The van der Waals surface area contributed by atoms with Crippen molar-refractivity contribution < 1.29 is 14.7 Å². The molecule has 0 saturated heterocycles. The van der Waals surface area contributed by atoms with E-state index in [0.29, 0.717) is 12.0 Å². The molecule has 2 rings (SSSR count). The Morgan fingerprint density at radius 1 is 1.39 bits per heavy atom. The number of carboxylic acid groups (broad SMARTS) is 1. The molecule has 0 radical (unpaired) electrons. The molecule has 6 heteroatoms. The average Bonchev–Trinajstić information content (AvgIpc) is 2.97.